The molecule has 3 nitrogen and oxygen atoms in total. The van der Waals surface area contributed by atoms with E-state index in [1.807, 2.05) is 0 Å². The van der Waals surface area contributed by atoms with Gasteiger partial charge in [-0.2, -0.15) is 0 Å². The van der Waals surface area contributed by atoms with E-state index in [9.17, 15) is 0 Å². The maximum Gasteiger partial charge on any atom is 0.0254 e. The summed E-state index contributed by atoms with van der Waals surface area (Å²) in [6, 6.07) is 1.20. The smallest absolute Gasteiger partial charge is 0.0254 e. The average molecular weight is 225 g/mol. The molecule has 2 aliphatic rings. The second kappa shape index (κ2) is 5.03. The first kappa shape index (κ1) is 12.3. The van der Waals surface area contributed by atoms with Gasteiger partial charge in [-0.25, -0.2) is 0 Å². The quantitative estimate of drug-likeness (QED) is 0.777. The number of hydrogen-bond donors (Lipinski definition) is 1. The molecule has 94 valence electrons. The SMILES string of the molecule is CC1CN(CC2CCCC2N)CC1N(C)C. The van der Waals surface area contributed by atoms with E-state index >= 15 is 0 Å². The van der Waals surface area contributed by atoms with Crippen LogP contribution in [0.25, 0.3) is 0 Å². The third kappa shape index (κ3) is 2.58. The van der Waals surface area contributed by atoms with Gasteiger partial charge in [-0.05, 0) is 38.8 Å². The lowest BCUT2D eigenvalue weighted by atomic mass is 10.0. The molecule has 0 aromatic rings. The monoisotopic (exact) mass is 225 g/mol. The molecule has 3 heteroatoms. The maximum atomic E-state index is 6.15. The normalized spacial score (nSPS) is 41.1. The number of hydrogen-bond acceptors (Lipinski definition) is 3. The van der Waals surface area contributed by atoms with Crippen molar-refractivity contribution in [3.63, 3.8) is 0 Å². The molecule has 16 heavy (non-hydrogen) atoms. The fraction of sp³-hybridized carbons (Fsp3) is 1.00. The Morgan fingerprint density at radius 2 is 2.00 bits per heavy atom. The summed E-state index contributed by atoms with van der Waals surface area (Å²) in [4.78, 5) is 5.00. The summed E-state index contributed by atoms with van der Waals surface area (Å²) in [6.45, 7) is 6.10. The Balaban J connectivity index is 1.84. The third-order valence-electron chi connectivity index (χ3n) is 4.52. The molecule has 1 heterocycles. The van der Waals surface area contributed by atoms with Crippen LogP contribution >= 0.6 is 0 Å². The molecule has 0 amide bonds. The minimum absolute atomic E-state index is 0.466. The zero-order valence-electron chi connectivity index (χ0n) is 11.0. The van der Waals surface area contributed by atoms with Gasteiger partial charge in [-0.15, -0.1) is 0 Å². The van der Waals surface area contributed by atoms with Crippen LogP contribution < -0.4 is 5.73 Å². The Kier molecular flexibility index (Phi) is 3.88. The zero-order chi connectivity index (χ0) is 11.7. The fourth-order valence-corrected chi connectivity index (χ4v) is 3.49. The van der Waals surface area contributed by atoms with Crippen molar-refractivity contribution in [1.29, 1.82) is 0 Å². The van der Waals surface area contributed by atoms with Crippen LogP contribution in [0.4, 0.5) is 0 Å². The molecular formula is C13H27N3. The Morgan fingerprint density at radius 3 is 2.50 bits per heavy atom. The van der Waals surface area contributed by atoms with Crippen LogP contribution in [0.3, 0.4) is 0 Å². The lowest BCUT2D eigenvalue weighted by Gasteiger charge is -2.24. The summed E-state index contributed by atoms with van der Waals surface area (Å²) < 4.78 is 0. The van der Waals surface area contributed by atoms with Crippen molar-refractivity contribution in [2.45, 2.75) is 38.3 Å². The van der Waals surface area contributed by atoms with E-state index in [-0.39, 0.29) is 0 Å². The second-order valence-corrected chi connectivity index (χ2v) is 6.08. The van der Waals surface area contributed by atoms with Crippen molar-refractivity contribution >= 4 is 0 Å². The van der Waals surface area contributed by atoms with Gasteiger partial charge < -0.3 is 15.5 Å². The van der Waals surface area contributed by atoms with E-state index < -0.39 is 0 Å². The molecule has 2 N–H and O–H groups in total. The van der Waals surface area contributed by atoms with Gasteiger partial charge in [0.2, 0.25) is 0 Å². The molecule has 0 aromatic heterocycles. The molecule has 1 saturated heterocycles. The molecule has 0 aromatic carbocycles. The Morgan fingerprint density at radius 1 is 1.25 bits per heavy atom. The van der Waals surface area contributed by atoms with Gasteiger partial charge in [0, 0.05) is 31.7 Å². The predicted octanol–water partition coefficient (Wildman–Crippen LogP) is 0.996. The first-order valence-corrected chi connectivity index (χ1v) is 6.72. The number of nitrogens with zero attached hydrogens (tertiary/aromatic N) is 2. The molecule has 1 aliphatic heterocycles. The first-order chi connectivity index (χ1) is 7.58. The summed E-state index contributed by atoms with van der Waals surface area (Å²) >= 11 is 0. The van der Waals surface area contributed by atoms with Crippen LogP contribution in [0.1, 0.15) is 26.2 Å². The number of likely N-dealkylation sites (tertiary alicyclic amines) is 1. The highest BCUT2D eigenvalue weighted by Gasteiger charge is 2.34. The van der Waals surface area contributed by atoms with Crippen molar-refractivity contribution in [2.24, 2.45) is 17.6 Å². The molecular weight excluding hydrogens is 198 g/mol. The third-order valence-corrected chi connectivity index (χ3v) is 4.52. The van der Waals surface area contributed by atoms with Crippen LogP contribution in [0.15, 0.2) is 0 Å². The number of nitrogens with two attached hydrogens (primary N) is 1. The van der Waals surface area contributed by atoms with Gasteiger partial charge in [0.15, 0.2) is 0 Å². The molecule has 4 unspecified atom stereocenters. The van der Waals surface area contributed by atoms with Crippen LogP contribution in [-0.2, 0) is 0 Å². The maximum absolute atomic E-state index is 6.15. The van der Waals surface area contributed by atoms with Gasteiger partial charge in [0.1, 0.15) is 0 Å². The Hall–Kier alpha value is -0.120. The van der Waals surface area contributed by atoms with Gasteiger partial charge in [-0.1, -0.05) is 13.3 Å². The molecule has 2 rings (SSSR count). The van der Waals surface area contributed by atoms with Gasteiger partial charge in [0.25, 0.3) is 0 Å². The van der Waals surface area contributed by atoms with Crippen LogP contribution in [0.5, 0.6) is 0 Å². The van der Waals surface area contributed by atoms with Crippen molar-refractivity contribution in [1.82, 2.24) is 9.80 Å². The molecule has 1 aliphatic carbocycles. The first-order valence-electron chi connectivity index (χ1n) is 6.72. The average Bonchev–Trinajstić information content (AvgIpc) is 2.75. The lowest BCUT2D eigenvalue weighted by Crippen LogP contribution is -2.37. The number of rotatable bonds is 3. The van der Waals surface area contributed by atoms with E-state index in [0.717, 1.165) is 17.9 Å². The molecule has 0 spiro atoms. The minimum atomic E-state index is 0.466. The van der Waals surface area contributed by atoms with E-state index in [0.29, 0.717) is 6.04 Å². The Labute approximate surface area is 100.0 Å². The Bertz CT molecular complexity index is 229. The molecule has 1 saturated carbocycles. The molecule has 4 atom stereocenters. The van der Waals surface area contributed by atoms with Crippen molar-refractivity contribution < 1.29 is 0 Å². The van der Waals surface area contributed by atoms with Crippen LogP contribution in [0.2, 0.25) is 0 Å². The minimum Gasteiger partial charge on any atom is -0.327 e. The van der Waals surface area contributed by atoms with Crippen LogP contribution in [-0.4, -0.2) is 55.6 Å². The number of likely N-dealkylation sites (N-methyl/N-ethyl adjacent to an activating group) is 1. The summed E-state index contributed by atoms with van der Waals surface area (Å²) in [6.07, 6.45) is 3.93. The van der Waals surface area contributed by atoms with Crippen LogP contribution in [0, 0.1) is 11.8 Å². The highest BCUT2D eigenvalue weighted by atomic mass is 15.2. The summed E-state index contributed by atoms with van der Waals surface area (Å²) in [5, 5.41) is 0. The predicted molar refractivity (Wildman–Crippen MR) is 68.4 cm³/mol. The molecule has 0 radical (unpaired) electrons. The largest absolute Gasteiger partial charge is 0.327 e. The summed E-state index contributed by atoms with van der Waals surface area (Å²) in [7, 11) is 4.40. The van der Waals surface area contributed by atoms with Gasteiger partial charge in [-0.3, -0.25) is 0 Å². The van der Waals surface area contributed by atoms with E-state index in [2.05, 4.69) is 30.8 Å². The van der Waals surface area contributed by atoms with E-state index in [4.69, 9.17) is 5.73 Å². The van der Waals surface area contributed by atoms with Gasteiger partial charge >= 0.3 is 0 Å². The highest BCUT2D eigenvalue weighted by Crippen LogP contribution is 2.28. The van der Waals surface area contributed by atoms with Gasteiger partial charge in [0.05, 0.1) is 0 Å². The molecule has 0 bridgehead atoms. The fourth-order valence-electron chi connectivity index (χ4n) is 3.49. The topological polar surface area (TPSA) is 32.5 Å². The van der Waals surface area contributed by atoms with Crippen molar-refractivity contribution in [2.75, 3.05) is 33.7 Å². The zero-order valence-corrected chi connectivity index (χ0v) is 11.0. The van der Waals surface area contributed by atoms with E-state index in [1.165, 1.54) is 38.9 Å². The summed E-state index contributed by atoms with van der Waals surface area (Å²) in [5.74, 6) is 1.56. The summed E-state index contributed by atoms with van der Waals surface area (Å²) in [5.41, 5.74) is 6.15. The molecule has 2 fully saturated rings. The lowest BCUT2D eigenvalue weighted by molar-refractivity contribution is 0.233. The standard InChI is InChI=1S/C13H27N3/c1-10-7-16(9-13(10)15(2)3)8-11-5-4-6-12(11)14/h10-13H,4-9,14H2,1-3H3. The van der Waals surface area contributed by atoms with Crippen molar-refractivity contribution in [3.05, 3.63) is 0 Å². The van der Waals surface area contributed by atoms with E-state index in [1.54, 1.807) is 0 Å². The highest BCUT2D eigenvalue weighted by molar-refractivity contribution is 4.90. The van der Waals surface area contributed by atoms with Crippen molar-refractivity contribution in [3.8, 4) is 0 Å². The second-order valence-electron chi connectivity index (χ2n) is 6.08.